The molecule has 0 fully saturated rings. The van der Waals surface area contributed by atoms with E-state index < -0.39 is 0 Å². The van der Waals surface area contributed by atoms with Gasteiger partial charge in [0.25, 0.3) is 0 Å². The molecular formula is C15H21NO2. The zero-order valence-corrected chi connectivity index (χ0v) is 11.2. The molecule has 1 aliphatic carbocycles. The van der Waals surface area contributed by atoms with Crippen molar-refractivity contribution in [1.29, 1.82) is 0 Å². The Morgan fingerprint density at radius 2 is 2.11 bits per heavy atom. The molecule has 1 aliphatic rings. The molecule has 3 nitrogen and oxygen atoms in total. The Morgan fingerprint density at radius 1 is 1.39 bits per heavy atom. The first-order valence-electron chi connectivity index (χ1n) is 6.63. The minimum atomic E-state index is 0.192. The van der Waals surface area contributed by atoms with E-state index in [0.717, 1.165) is 25.0 Å². The van der Waals surface area contributed by atoms with Crippen LogP contribution in [0.1, 0.15) is 37.0 Å². The Hall–Kier alpha value is -1.35. The molecule has 1 unspecified atom stereocenters. The predicted molar refractivity (Wildman–Crippen MR) is 72.0 cm³/mol. The Balaban J connectivity index is 2.28. The van der Waals surface area contributed by atoms with Crippen LogP contribution >= 0.6 is 0 Å². The molecule has 1 atom stereocenters. The van der Waals surface area contributed by atoms with Crippen LogP contribution in [0, 0.1) is 0 Å². The number of benzene rings is 1. The Labute approximate surface area is 108 Å². The van der Waals surface area contributed by atoms with Gasteiger partial charge in [0, 0.05) is 12.5 Å². The van der Waals surface area contributed by atoms with Gasteiger partial charge in [-0.05, 0) is 55.9 Å². The molecule has 3 heteroatoms. The molecule has 0 spiro atoms. The summed E-state index contributed by atoms with van der Waals surface area (Å²) in [6.07, 6.45) is 3.22. The van der Waals surface area contributed by atoms with Gasteiger partial charge in [0.2, 0.25) is 0 Å². The summed E-state index contributed by atoms with van der Waals surface area (Å²) < 4.78 is 5.66. The first-order valence-corrected chi connectivity index (χ1v) is 6.63. The average Bonchev–Trinajstić information content (AvgIpc) is 2.70. The summed E-state index contributed by atoms with van der Waals surface area (Å²) in [6, 6.07) is 4.30. The van der Waals surface area contributed by atoms with Crippen LogP contribution in [0.5, 0.6) is 5.75 Å². The number of nitrogens with two attached hydrogens (primary N) is 1. The van der Waals surface area contributed by atoms with Gasteiger partial charge in [0.05, 0.1) is 6.61 Å². The standard InChI is InChI=1S/C15H21NO2/c1-3-18-15-7-6-11(5-4-10(2)17)13-8-12(16)9-14(13)15/h6-7,12H,3-5,8-9,16H2,1-2H3. The lowest BCUT2D eigenvalue weighted by molar-refractivity contribution is -0.116. The second-order valence-corrected chi connectivity index (χ2v) is 4.98. The zero-order valence-electron chi connectivity index (χ0n) is 11.2. The van der Waals surface area contributed by atoms with Crippen molar-refractivity contribution in [1.82, 2.24) is 0 Å². The minimum absolute atomic E-state index is 0.192. The number of ketones is 1. The number of Topliss-reactive ketones (excluding diaryl/α,β-unsaturated/α-hetero) is 1. The van der Waals surface area contributed by atoms with Crippen molar-refractivity contribution in [2.45, 2.75) is 45.6 Å². The van der Waals surface area contributed by atoms with Gasteiger partial charge >= 0.3 is 0 Å². The summed E-state index contributed by atoms with van der Waals surface area (Å²) in [6.45, 7) is 4.31. The van der Waals surface area contributed by atoms with Crippen molar-refractivity contribution in [3.63, 3.8) is 0 Å². The number of ether oxygens (including phenoxy) is 1. The van der Waals surface area contributed by atoms with E-state index >= 15 is 0 Å². The predicted octanol–water partition coefficient (Wildman–Crippen LogP) is 2.03. The molecule has 0 amide bonds. The van der Waals surface area contributed by atoms with Crippen LogP contribution in [-0.4, -0.2) is 18.4 Å². The third-order valence-corrected chi connectivity index (χ3v) is 3.46. The van der Waals surface area contributed by atoms with Gasteiger partial charge in [-0.1, -0.05) is 6.07 Å². The van der Waals surface area contributed by atoms with E-state index in [-0.39, 0.29) is 11.8 Å². The zero-order chi connectivity index (χ0) is 13.1. The highest BCUT2D eigenvalue weighted by Gasteiger charge is 2.24. The maximum absolute atomic E-state index is 11.1. The van der Waals surface area contributed by atoms with Gasteiger partial charge in [-0.25, -0.2) is 0 Å². The number of hydrogen-bond donors (Lipinski definition) is 1. The minimum Gasteiger partial charge on any atom is -0.494 e. The number of aryl methyl sites for hydroxylation is 1. The highest BCUT2D eigenvalue weighted by molar-refractivity contribution is 5.75. The van der Waals surface area contributed by atoms with E-state index in [2.05, 4.69) is 6.07 Å². The van der Waals surface area contributed by atoms with Gasteiger partial charge in [-0.15, -0.1) is 0 Å². The highest BCUT2D eigenvalue weighted by atomic mass is 16.5. The van der Waals surface area contributed by atoms with Crippen molar-refractivity contribution in [3.8, 4) is 5.75 Å². The Kier molecular flexibility index (Phi) is 4.02. The van der Waals surface area contributed by atoms with Gasteiger partial charge < -0.3 is 15.3 Å². The van der Waals surface area contributed by atoms with Crippen molar-refractivity contribution in [3.05, 3.63) is 28.8 Å². The van der Waals surface area contributed by atoms with E-state index in [1.54, 1.807) is 6.92 Å². The van der Waals surface area contributed by atoms with Crippen LogP contribution < -0.4 is 10.5 Å². The fourth-order valence-electron chi connectivity index (χ4n) is 2.63. The quantitative estimate of drug-likeness (QED) is 0.866. The second-order valence-electron chi connectivity index (χ2n) is 4.98. The van der Waals surface area contributed by atoms with E-state index in [1.807, 2.05) is 13.0 Å². The van der Waals surface area contributed by atoms with Crippen molar-refractivity contribution < 1.29 is 9.53 Å². The van der Waals surface area contributed by atoms with Crippen molar-refractivity contribution >= 4 is 5.78 Å². The second kappa shape index (κ2) is 5.53. The first kappa shape index (κ1) is 13.1. The normalized spacial score (nSPS) is 17.6. The lowest BCUT2D eigenvalue weighted by Crippen LogP contribution is -2.19. The summed E-state index contributed by atoms with van der Waals surface area (Å²) >= 11 is 0. The highest BCUT2D eigenvalue weighted by Crippen LogP contribution is 2.33. The Morgan fingerprint density at radius 3 is 2.78 bits per heavy atom. The molecule has 0 radical (unpaired) electrons. The number of fused-ring (bicyclic) bond motifs is 1. The summed E-state index contributed by atoms with van der Waals surface area (Å²) in [5.41, 5.74) is 9.88. The van der Waals surface area contributed by atoms with Crippen LogP contribution in [0.15, 0.2) is 12.1 Å². The molecule has 0 saturated carbocycles. The molecule has 0 heterocycles. The SMILES string of the molecule is CCOc1ccc(CCC(C)=O)c2c1CC(N)C2. The number of carbonyl (C=O) groups is 1. The third-order valence-electron chi connectivity index (χ3n) is 3.46. The topological polar surface area (TPSA) is 52.3 Å². The molecule has 1 aromatic rings. The molecule has 0 aliphatic heterocycles. The number of rotatable bonds is 5. The lowest BCUT2D eigenvalue weighted by Gasteiger charge is -2.12. The lowest BCUT2D eigenvalue weighted by atomic mass is 9.98. The maximum atomic E-state index is 11.1. The average molecular weight is 247 g/mol. The third kappa shape index (κ3) is 2.72. The van der Waals surface area contributed by atoms with Crippen LogP contribution in [0.2, 0.25) is 0 Å². The number of carbonyl (C=O) groups excluding carboxylic acids is 1. The van der Waals surface area contributed by atoms with Crippen LogP contribution in [0.3, 0.4) is 0 Å². The first-order chi connectivity index (χ1) is 8.61. The summed E-state index contributed by atoms with van der Waals surface area (Å²) in [7, 11) is 0. The molecule has 0 saturated heterocycles. The fourth-order valence-corrected chi connectivity index (χ4v) is 2.63. The molecule has 0 aromatic heterocycles. The number of hydrogen-bond acceptors (Lipinski definition) is 3. The van der Waals surface area contributed by atoms with Crippen molar-refractivity contribution in [2.75, 3.05) is 6.61 Å². The molecule has 98 valence electrons. The maximum Gasteiger partial charge on any atom is 0.130 e. The molecule has 0 bridgehead atoms. The smallest absolute Gasteiger partial charge is 0.130 e. The van der Waals surface area contributed by atoms with Gasteiger partial charge in [-0.3, -0.25) is 0 Å². The van der Waals surface area contributed by atoms with Crippen molar-refractivity contribution in [2.24, 2.45) is 5.73 Å². The molecular weight excluding hydrogens is 226 g/mol. The van der Waals surface area contributed by atoms with E-state index in [0.29, 0.717) is 13.0 Å². The van der Waals surface area contributed by atoms with E-state index in [9.17, 15) is 4.79 Å². The molecule has 2 N–H and O–H groups in total. The summed E-state index contributed by atoms with van der Waals surface area (Å²) in [5, 5.41) is 0. The molecule has 18 heavy (non-hydrogen) atoms. The largest absolute Gasteiger partial charge is 0.494 e. The monoisotopic (exact) mass is 247 g/mol. The van der Waals surface area contributed by atoms with Gasteiger partial charge in [-0.2, -0.15) is 0 Å². The Bertz CT molecular complexity index is 454. The van der Waals surface area contributed by atoms with Crippen LogP contribution in [-0.2, 0) is 24.1 Å². The fraction of sp³-hybridized carbons (Fsp3) is 0.533. The molecule has 2 rings (SSSR count). The van der Waals surface area contributed by atoms with Crippen LogP contribution in [0.25, 0.3) is 0 Å². The molecule has 1 aromatic carbocycles. The van der Waals surface area contributed by atoms with E-state index in [1.165, 1.54) is 16.7 Å². The summed E-state index contributed by atoms with van der Waals surface area (Å²) in [5.74, 6) is 1.20. The van der Waals surface area contributed by atoms with Gasteiger partial charge in [0.15, 0.2) is 0 Å². The van der Waals surface area contributed by atoms with Gasteiger partial charge in [0.1, 0.15) is 11.5 Å². The van der Waals surface area contributed by atoms with E-state index in [4.69, 9.17) is 10.5 Å². The summed E-state index contributed by atoms with van der Waals surface area (Å²) in [4.78, 5) is 11.1. The van der Waals surface area contributed by atoms with Crippen LogP contribution in [0.4, 0.5) is 0 Å².